The fourth-order valence-electron chi connectivity index (χ4n) is 2.55. The average molecular weight is 312 g/mol. The summed E-state index contributed by atoms with van der Waals surface area (Å²) in [6.07, 6.45) is 1.45. The molecule has 118 valence electrons. The summed E-state index contributed by atoms with van der Waals surface area (Å²) in [6, 6.07) is 6.90. The number of hydrogen-bond donors (Lipinski definition) is 3. The van der Waals surface area contributed by atoms with Gasteiger partial charge >= 0.3 is 5.97 Å². The molecule has 0 radical (unpaired) electrons. The molecule has 2 aromatic rings. The van der Waals surface area contributed by atoms with Crippen LogP contribution in [0.15, 0.2) is 36.0 Å². The highest BCUT2D eigenvalue weighted by molar-refractivity contribution is 5.94. The van der Waals surface area contributed by atoms with E-state index in [1.807, 2.05) is 19.9 Å². The molecule has 3 N–H and O–H groups in total. The van der Waals surface area contributed by atoms with Crippen LogP contribution >= 0.6 is 0 Å². The molecular weight excluding hydrogens is 296 g/mol. The van der Waals surface area contributed by atoms with Crippen molar-refractivity contribution in [1.82, 2.24) is 15.1 Å². The third kappa shape index (κ3) is 2.94. The molecule has 0 saturated heterocycles. The van der Waals surface area contributed by atoms with Crippen LogP contribution in [0.25, 0.3) is 5.69 Å². The molecule has 23 heavy (non-hydrogen) atoms. The van der Waals surface area contributed by atoms with Crippen LogP contribution in [0.2, 0.25) is 0 Å². The topological polar surface area (TPSA) is 96.2 Å². The van der Waals surface area contributed by atoms with Crippen molar-refractivity contribution in [3.05, 3.63) is 53.0 Å². The zero-order valence-corrected chi connectivity index (χ0v) is 12.8. The Hall–Kier alpha value is -3.09. The summed E-state index contributed by atoms with van der Waals surface area (Å²) in [7, 11) is 0. The maximum atomic E-state index is 11.6. The minimum atomic E-state index is -1.04. The zero-order valence-electron chi connectivity index (χ0n) is 12.8. The number of nitrogens with one attached hydrogen (secondary N) is 2. The highest BCUT2D eigenvalue weighted by Crippen LogP contribution is 2.22. The van der Waals surface area contributed by atoms with E-state index in [-0.39, 0.29) is 11.5 Å². The highest BCUT2D eigenvalue weighted by Gasteiger charge is 2.16. The lowest BCUT2D eigenvalue weighted by Crippen LogP contribution is -2.16. The molecular formula is C16H16N4O3. The largest absolute Gasteiger partial charge is 0.478 e. The molecule has 0 spiro atoms. The minimum Gasteiger partial charge on any atom is -0.478 e. The normalized spacial score (nSPS) is 13.7. The Morgan fingerprint density at radius 2 is 2.13 bits per heavy atom. The van der Waals surface area contributed by atoms with Crippen LogP contribution in [0.3, 0.4) is 0 Å². The van der Waals surface area contributed by atoms with Crippen LogP contribution in [-0.4, -0.2) is 33.3 Å². The summed E-state index contributed by atoms with van der Waals surface area (Å²) < 4.78 is 1.61. The Morgan fingerprint density at radius 3 is 2.70 bits per heavy atom. The molecule has 1 aliphatic rings. The van der Waals surface area contributed by atoms with Gasteiger partial charge in [-0.15, -0.1) is 0 Å². The number of hydrogen-bond acceptors (Lipinski definition) is 4. The summed E-state index contributed by atoms with van der Waals surface area (Å²) in [5, 5.41) is 19.5. The number of benzene rings is 1. The van der Waals surface area contributed by atoms with Gasteiger partial charge in [-0.2, -0.15) is 5.10 Å². The van der Waals surface area contributed by atoms with Gasteiger partial charge < -0.3 is 15.7 Å². The molecule has 7 heteroatoms. The SMILES string of the molecule is Cc1cc(C)n(-c2ccc(NC3=CC(=O)NC3)cc2C(=O)O)n1. The first-order chi connectivity index (χ1) is 10.9. The number of aromatic nitrogens is 2. The van der Waals surface area contributed by atoms with Gasteiger partial charge in [0.15, 0.2) is 0 Å². The number of nitrogens with zero attached hydrogens (tertiary/aromatic N) is 2. The van der Waals surface area contributed by atoms with Crippen LogP contribution < -0.4 is 10.6 Å². The summed E-state index contributed by atoms with van der Waals surface area (Å²) in [6.45, 7) is 4.13. The van der Waals surface area contributed by atoms with E-state index in [1.54, 1.807) is 16.8 Å². The van der Waals surface area contributed by atoms with E-state index < -0.39 is 5.97 Å². The number of carbonyl (C=O) groups is 2. The van der Waals surface area contributed by atoms with Crippen LogP contribution in [0.4, 0.5) is 5.69 Å². The van der Waals surface area contributed by atoms with E-state index in [1.165, 1.54) is 12.1 Å². The zero-order chi connectivity index (χ0) is 16.6. The number of carboxylic acids is 1. The van der Waals surface area contributed by atoms with Gasteiger partial charge in [0, 0.05) is 23.2 Å². The summed E-state index contributed by atoms with van der Waals surface area (Å²) >= 11 is 0. The number of rotatable bonds is 4. The van der Waals surface area contributed by atoms with Gasteiger partial charge in [-0.25, -0.2) is 9.48 Å². The van der Waals surface area contributed by atoms with Crippen LogP contribution in [0, 0.1) is 13.8 Å². The number of aromatic carboxylic acids is 1. The molecule has 3 rings (SSSR count). The lowest BCUT2D eigenvalue weighted by atomic mass is 10.1. The molecule has 1 aliphatic heterocycles. The van der Waals surface area contributed by atoms with Gasteiger partial charge in [0.2, 0.25) is 5.91 Å². The van der Waals surface area contributed by atoms with Gasteiger partial charge in [0.05, 0.1) is 23.5 Å². The molecule has 1 aromatic heterocycles. The fourth-order valence-corrected chi connectivity index (χ4v) is 2.55. The van der Waals surface area contributed by atoms with Crippen molar-refractivity contribution in [3.63, 3.8) is 0 Å². The lowest BCUT2D eigenvalue weighted by molar-refractivity contribution is -0.115. The molecule has 0 fully saturated rings. The minimum absolute atomic E-state index is 0.138. The van der Waals surface area contributed by atoms with E-state index in [2.05, 4.69) is 15.7 Å². The molecule has 0 aliphatic carbocycles. The smallest absolute Gasteiger partial charge is 0.337 e. The van der Waals surface area contributed by atoms with Crippen LogP contribution in [-0.2, 0) is 4.79 Å². The predicted molar refractivity (Wildman–Crippen MR) is 84.7 cm³/mol. The van der Waals surface area contributed by atoms with Gasteiger partial charge in [-0.3, -0.25) is 4.79 Å². The van der Waals surface area contributed by atoms with Gasteiger partial charge in [-0.05, 0) is 38.1 Å². The second-order valence-corrected chi connectivity index (χ2v) is 5.39. The van der Waals surface area contributed by atoms with Crippen molar-refractivity contribution >= 4 is 17.6 Å². The number of carboxylic acid groups (broad SMARTS) is 1. The molecule has 1 amide bonds. The second kappa shape index (κ2) is 5.60. The predicted octanol–water partition coefficient (Wildman–Crippen LogP) is 1.61. The molecule has 2 heterocycles. The number of aryl methyl sites for hydroxylation is 2. The lowest BCUT2D eigenvalue weighted by Gasteiger charge is -2.12. The molecule has 7 nitrogen and oxygen atoms in total. The monoisotopic (exact) mass is 312 g/mol. The van der Waals surface area contributed by atoms with Gasteiger partial charge in [0.1, 0.15) is 0 Å². The maximum absolute atomic E-state index is 11.6. The Kier molecular flexibility index (Phi) is 3.61. The Morgan fingerprint density at radius 1 is 1.35 bits per heavy atom. The van der Waals surface area contributed by atoms with Crippen molar-refractivity contribution in [3.8, 4) is 5.69 Å². The summed E-state index contributed by atoms with van der Waals surface area (Å²) in [4.78, 5) is 22.8. The third-order valence-corrected chi connectivity index (χ3v) is 3.53. The van der Waals surface area contributed by atoms with Crippen molar-refractivity contribution in [2.45, 2.75) is 13.8 Å². The fraction of sp³-hybridized carbons (Fsp3) is 0.188. The third-order valence-electron chi connectivity index (χ3n) is 3.53. The Bertz CT molecular complexity index is 836. The van der Waals surface area contributed by atoms with Crippen molar-refractivity contribution in [2.75, 3.05) is 11.9 Å². The number of carbonyl (C=O) groups excluding carboxylic acids is 1. The van der Waals surface area contributed by atoms with Crippen molar-refractivity contribution in [1.29, 1.82) is 0 Å². The maximum Gasteiger partial charge on any atom is 0.337 e. The molecule has 0 atom stereocenters. The first-order valence-corrected chi connectivity index (χ1v) is 7.10. The number of anilines is 1. The Balaban J connectivity index is 1.99. The van der Waals surface area contributed by atoms with E-state index in [0.29, 0.717) is 23.6 Å². The van der Waals surface area contributed by atoms with E-state index >= 15 is 0 Å². The van der Waals surface area contributed by atoms with Crippen LogP contribution in [0.1, 0.15) is 21.7 Å². The van der Waals surface area contributed by atoms with E-state index in [9.17, 15) is 14.7 Å². The van der Waals surface area contributed by atoms with E-state index in [4.69, 9.17) is 0 Å². The standard InChI is InChI=1S/C16H16N4O3/c1-9-5-10(2)20(19-9)14-4-3-11(6-13(14)16(22)23)18-12-7-15(21)17-8-12/h3-7,18H,8H2,1-2H3,(H,17,21)(H,22,23). The highest BCUT2D eigenvalue weighted by atomic mass is 16.4. The number of amides is 1. The molecule has 0 saturated carbocycles. The Labute approximate surface area is 132 Å². The van der Waals surface area contributed by atoms with Crippen LogP contribution in [0.5, 0.6) is 0 Å². The average Bonchev–Trinajstić information content (AvgIpc) is 3.04. The quantitative estimate of drug-likeness (QED) is 0.797. The van der Waals surface area contributed by atoms with Crippen molar-refractivity contribution < 1.29 is 14.7 Å². The molecule has 1 aromatic carbocycles. The van der Waals surface area contributed by atoms with Gasteiger partial charge in [-0.1, -0.05) is 0 Å². The van der Waals surface area contributed by atoms with E-state index in [0.717, 1.165) is 11.4 Å². The first kappa shape index (κ1) is 14.8. The molecule has 0 unspecified atom stereocenters. The molecule has 0 bridgehead atoms. The second-order valence-electron chi connectivity index (χ2n) is 5.39. The summed E-state index contributed by atoms with van der Waals surface area (Å²) in [5.74, 6) is -1.20. The summed E-state index contributed by atoms with van der Waals surface area (Å²) in [5.41, 5.74) is 3.63. The first-order valence-electron chi connectivity index (χ1n) is 7.10. The van der Waals surface area contributed by atoms with Gasteiger partial charge in [0.25, 0.3) is 0 Å². The van der Waals surface area contributed by atoms with Crippen molar-refractivity contribution in [2.24, 2.45) is 0 Å².